The molecule has 0 aliphatic carbocycles. The van der Waals surface area contributed by atoms with E-state index in [-0.39, 0.29) is 16.7 Å². The van der Waals surface area contributed by atoms with E-state index in [9.17, 15) is 4.79 Å². The lowest BCUT2D eigenvalue weighted by Crippen LogP contribution is -2.40. The average molecular weight is 245 g/mol. The first-order valence-electron chi connectivity index (χ1n) is 6.71. The summed E-state index contributed by atoms with van der Waals surface area (Å²) in [5.74, 6) is 0.251. The van der Waals surface area contributed by atoms with Gasteiger partial charge in [-0.3, -0.25) is 4.79 Å². The van der Waals surface area contributed by atoms with Crippen molar-refractivity contribution in [1.29, 1.82) is 0 Å². The van der Waals surface area contributed by atoms with E-state index in [1.165, 1.54) is 5.56 Å². The standard InChI is InChI=1S/C16H23NO/c1-6-17-13-10-8-7-9-12(13)16(5,14(17)18)11-15(2,3)4/h7-10H,6,11H2,1-5H3. The zero-order valence-electron chi connectivity index (χ0n) is 12.1. The Morgan fingerprint density at radius 3 is 2.39 bits per heavy atom. The average Bonchev–Trinajstić information content (AvgIpc) is 2.47. The van der Waals surface area contributed by atoms with Crippen LogP contribution in [0.5, 0.6) is 0 Å². The van der Waals surface area contributed by atoms with Gasteiger partial charge in [-0.05, 0) is 37.3 Å². The first-order chi connectivity index (χ1) is 8.29. The van der Waals surface area contributed by atoms with Gasteiger partial charge in [-0.1, -0.05) is 39.0 Å². The van der Waals surface area contributed by atoms with Crippen molar-refractivity contribution >= 4 is 11.6 Å². The second kappa shape index (κ2) is 4.11. The van der Waals surface area contributed by atoms with Crippen molar-refractivity contribution in [3.63, 3.8) is 0 Å². The van der Waals surface area contributed by atoms with Crippen molar-refractivity contribution in [3.8, 4) is 0 Å². The molecule has 0 bridgehead atoms. The minimum Gasteiger partial charge on any atom is -0.312 e. The number of likely N-dealkylation sites (N-methyl/N-ethyl adjacent to an activating group) is 1. The maximum atomic E-state index is 12.7. The van der Waals surface area contributed by atoms with Crippen LogP contribution >= 0.6 is 0 Å². The number of carbonyl (C=O) groups excluding carboxylic acids is 1. The van der Waals surface area contributed by atoms with E-state index >= 15 is 0 Å². The monoisotopic (exact) mass is 245 g/mol. The van der Waals surface area contributed by atoms with Crippen LogP contribution in [0.4, 0.5) is 5.69 Å². The predicted molar refractivity (Wildman–Crippen MR) is 75.9 cm³/mol. The Kier molecular flexibility index (Phi) is 3.00. The number of rotatable bonds is 2. The number of fused-ring (bicyclic) bond motifs is 1. The highest BCUT2D eigenvalue weighted by Gasteiger charge is 2.48. The molecule has 0 saturated carbocycles. The normalized spacial score (nSPS) is 23.4. The van der Waals surface area contributed by atoms with Crippen LogP contribution in [0.25, 0.3) is 0 Å². The van der Waals surface area contributed by atoms with E-state index in [1.807, 2.05) is 24.0 Å². The van der Waals surface area contributed by atoms with Crippen LogP contribution in [-0.4, -0.2) is 12.5 Å². The van der Waals surface area contributed by atoms with E-state index < -0.39 is 0 Å². The van der Waals surface area contributed by atoms with Gasteiger partial charge >= 0.3 is 0 Å². The van der Waals surface area contributed by atoms with Crippen molar-refractivity contribution in [2.45, 2.75) is 46.5 Å². The molecule has 0 fully saturated rings. The molecular formula is C16H23NO. The number of anilines is 1. The van der Waals surface area contributed by atoms with Crippen LogP contribution in [-0.2, 0) is 10.2 Å². The molecule has 1 aliphatic heterocycles. The molecule has 2 nitrogen and oxygen atoms in total. The molecule has 1 aromatic carbocycles. The molecule has 0 saturated heterocycles. The molecule has 1 heterocycles. The Balaban J connectivity index is 2.53. The van der Waals surface area contributed by atoms with E-state index in [1.54, 1.807) is 0 Å². The van der Waals surface area contributed by atoms with Gasteiger partial charge in [0.2, 0.25) is 5.91 Å². The van der Waals surface area contributed by atoms with Gasteiger partial charge in [0.1, 0.15) is 0 Å². The molecular weight excluding hydrogens is 222 g/mol. The zero-order valence-corrected chi connectivity index (χ0v) is 12.1. The molecule has 1 unspecified atom stereocenters. The summed E-state index contributed by atoms with van der Waals surface area (Å²) < 4.78 is 0. The zero-order chi connectivity index (χ0) is 13.6. The number of hydrogen-bond donors (Lipinski definition) is 0. The second-order valence-electron chi connectivity index (χ2n) is 6.64. The summed E-state index contributed by atoms with van der Waals surface area (Å²) >= 11 is 0. The third-order valence-electron chi connectivity index (χ3n) is 3.71. The molecule has 2 rings (SSSR count). The SMILES string of the molecule is CCN1C(=O)C(C)(CC(C)(C)C)c2ccccc21. The number of benzene rings is 1. The largest absolute Gasteiger partial charge is 0.312 e. The smallest absolute Gasteiger partial charge is 0.237 e. The van der Waals surface area contributed by atoms with Gasteiger partial charge in [0, 0.05) is 12.2 Å². The molecule has 98 valence electrons. The van der Waals surface area contributed by atoms with Crippen LogP contribution in [0.2, 0.25) is 0 Å². The summed E-state index contributed by atoms with van der Waals surface area (Å²) in [4.78, 5) is 14.6. The van der Waals surface area contributed by atoms with Gasteiger partial charge in [-0.15, -0.1) is 0 Å². The summed E-state index contributed by atoms with van der Waals surface area (Å²) in [5.41, 5.74) is 2.05. The topological polar surface area (TPSA) is 20.3 Å². The van der Waals surface area contributed by atoms with E-state index in [2.05, 4.69) is 39.8 Å². The lowest BCUT2D eigenvalue weighted by Gasteiger charge is -2.31. The maximum absolute atomic E-state index is 12.7. The minimum atomic E-state index is -0.370. The van der Waals surface area contributed by atoms with E-state index in [0.717, 1.165) is 18.7 Å². The van der Waals surface area contributed by atoms with Gasteiger partial charge in [-0.25, -0.2) is 0 Å². The van der Waals surface area contributed by atoms with Crippen LogP contribution in [0, 0.1) is 5.41 Å². The molecule has 1 aromatic rings. The quantitative estimate of drug-likeness (QED) is 0.777. The molecule has 1 aliphatic rings. The van der Waals surface area contributed by atoms with Crippen molar-refractivity contribution < 1.29 is 4.79 Å². The Morgan fingerprint density at radius 1 is 1.22 bits per heavy atom. The molecule has 1 atom stereocenters. The molecule has 2 heteroatoms. The van der Waals surface area contributed by atoms with Crippen molar-refractivity contribution in [3.05, 3.63) is 29.8 Å². The fraction of sp³-hybridized carbons (Fsp3) is 0.562. The Labute approximate surface area is 110 Å². The number of para-hydroxylation sites is 1. The Morgan fingerprint density at radius 2 is 1.83 bits per heavy atom. The Bertz CT molecular complexity index is 472. The molecule has 18 heavy (non-hydrogen) atoms. The fourth-order valence-corrected chi connectivity index (χ4v) is 3.24. The predicted octanol–water partition coefficient (Wildman–Crippen LogP) is 3.75. The van der Waals surface area contributed by atoms with E-state index in [0.29, 0.717) is 0 Å². The van der Waals surface area contributed by atoms with Crippen LogP contribution < -0.4 is 4.90 Å². The van der Waals surface area contributed by atoms with Gasteiger partial charge in [0.05, 0.1) is 5.41 Å². The van der Waals surface area contributed by atoms with Crippen LogP contribution in [0.15, 0.2) is 24.3 Å². The van der Waals surface area contributed by atoms with Crippen LogP contribution in [0.3, 0.4) is 0 Å². The molecule has 0 aromatic heterocycles. The Hall–Kier alpha value is -1.31. The van der Waals surface area contributed by atoms with Crippen molar-refractivity contribution in [2.75, 3.05) is 11.4 Å². The number of hydrogen-bond acceptors (Lipinski definition) is 1. The highest BCUT2D eigenvalue weighted by atomic mass is 16.2. The molecule has 0 radical (unpaired) electrons. The summed E-state index contributed by atoms with van der Waals surface area (Å²) in [6, 6.07) is 8.21. The minimum absolute atomic E-state index is 0.140. The van der Waals surface area contributed by atoms with Gasteiger partial charge in [-0.2, -0.15) is 0 Å². The molecule has 0 spiro atoms. The van der Waals surface area contributed by atoms with Gasteiger partial charge in [0.15, 0.2) is 0 Å². The lowest BCUT2D eigenvalue weighted by atomic mass is 9.71. The second-order valence-corrected chi connectivity index (χ2v) is 6.64. The third-order valence-corrected chi connectivity index (χ3v) is 3.71. The third kappa shape index (κ3) is 1.94. The molecule has 1 amide bonds. The first kappa shape index (κ1) is 13.1. The van der Waals surface area contributed by atoms with Gasteiger partial charge < -0.3 is 4.90 Å². The summed E-state index contributed by atoms with van der Waals surface area (Å²) in [5, 5.41) is 0. The number of carbonyl (C=O) groups is 1. The first-order valence-corrected chi connectivity index (χ1v) is 6.71. The van der Waals surface area contributed by atoms with E-state index in [4.69, 9.17) is 0 Å². The van der Waals surface area contributed by atoms with Crippen molar-refractivity contribution in [2.24, 2.45) is 5.41 Å². The summed E-state index contributed by atoms with van der Waals surface area (Å²) in [6.07, 6.45) is 0.881. The highest BCUT2D eigenvalue weighted by molar-refractivity contribution is 6.07. The van der Waals surface area contributed by atoms with Gasteiger partial charge in [0.25, 0.3) is 0 Å². The summed E-state index contributed by atoms with van der Waals surface area (Å²) in [6.45, 7) is 11.5. The van der Waals surface area contributed by atoms with Crippen LogP contribution in [0.1, 0.15) is 46.6 Å². The lowest BCUT2D eigenvalue weighted by molar-refractivity contribution is -0.123. The number of nitrogens with zero attached hydrogens (tertiary/aromatic N) is 1. The molecule has 0 N–H and O–H groups in total. The number of amides is 1. The van der Waals surface area contributed by atoms with Crippen molar-refractivity contribution in [1.82, 2.24) is 0 Å². The highest BCUT2D eigenvalue weighted by Crippen LogP contribution is 2.47. The fourth-order valence-electron chi connectivity index (χ4n) is 3.24. The maximum Gasteiger partial charge on any atom is 0.237 e. The summed E-state index contributed by atoms with van der Waals surface area (Å²) in [7, 11) is 0.